The maximum atomic E-state index is 12.3. The lowest BCUT2D eigenvalue weighted by Crippen LogP contribution is -2.34. The van der Waals surface area contributed by atoms with E-state index in [1.165, 1.54) is 10.4 Å². The van der Waals surface area contributed by atoms with Gasteiger partial charge in [0.2, 0.25) is 10.0 Å². The van der Waals surface area contributed by atoms with Gasteiger partial charge in [0, 0.05) is 19.6 Å². The number of thiophene rings is 1. The number of nitrogens with zero attached hydrogens (tertiary/aromatic N) is 1. The zero-order valence-electron chi connectivity index (χ0n) is 9.36. The first kappa shape index (κ1) is 16.5. The highest BCUT2D eigenvalue weighted by Gasteiger charge is 2.28. The Bertz CT molecular complexity index is 496. The van der Waals surface area contributed by atoms with Gasteiger partial charge in [-0.3, -0.25) is 0 Å². The molecular formula is C9H13Cl3N2O2S2. The van der Waals surface area contributed by atoms with Crippen LogP contribution >= 0.6 is 46.9 Å². The second-order valence-electron chi connectivity index (χ2n) is 3.70. The average Bonchev–Trinajstić information content (AvgIpc) is 2.52. The van der Waals surface area contributed by atoms with Crippen molar-refractivity contribution >= 4 is 57.0 Å². The summed E-state index contributed by atoms with van der Waals surface area (Å²) in [5.74, 6) is 0. The third-order valence-corrected chi connectivity index (χ3v) is 6.19. The molecule has 0 unspecified atom stereocenters. The van der Waals surface area contributed by atoms with Crippen molar-refractivity contribution in [1.29, 1.82) is 0 Å². The predicted molar refractivity (Wildman–Crippen MR) is 77.8 cm³/mol. The molecule has 2 heterocycles. The molecule has 0 aliphatic carbocycles. The third kappa shape index (κ3) is 3.50. The maximum absolute atomic E-state index is 12.3. The Morgan fingerprint density at radius 1 is 1.28 bits per heavy atom. The zero-order valence-corrected chi connectivity index (χ0v) is 13.3. The van der Waals surface area contributed by atoms with Crippen molar-refractivity contribution < 1.29 is 8.42 Å². The van der Waals surface area contributed by atoms with E-state index in [0.29, 0.717) is 24.0 Å². The molecule has 0 atom stereocenters. The molecule has 0 aromatic carbocycles. The molecule has 4 nitrogen and oxygen atoms in total. The Morgan fingerprint density at radius 3 is 2.61 bits per heavy atom. The van der Waals surface area contributed by atoms with Crippen LogP contribution in [0.1, 0.15) is 6.42 Å². The predicted octanol–water partition coefficient (Wildman–Crippen LogP) is 2.46. The van der Waals surface area contributed by atoms with Gasteiger partial charge in [-0.15, -0.1) is 23.7 Å². The topological polar surface area (TPSA) is 49.4 Å². The van der Waals surface area contributed by atoms with Crippen LogP contribution in [0.25, 0.3) is 0 Å². The fourth-order valence-corrected chi connectivity index (χ4v) is 5.29. The van der Waals surface area contributed by atoms with Crippen molar-refractivity contribution in [2.45, 2.75) is 11.3 Å². The Kier molecular flexibility index (Phi) is 6.18. The van der Waals surface area contributed by atoms with Gasteiger partial charge in [0.25, 0.3) is 0 Å². The largest absolute Gasteiger partial charge is 0.315 e. The highest BCUT2D eigenvalue weighted by atomic mass is 35.5. The van der Waals surface area contributed by atoms with Gasteiger partial charge in [-0.1, -0.05) is 23.2 Å². The van der Waals surface area contributed by atoms with Gasteiger partial charge >= 0.3 is 0 Å². The van der Waals surface area contributed by atoms with Crippen molar-refractivity contribution in [1.82, 2.24) is 9.62 Å². The van der Waals surface area contributed by atoms with Crippen molar-refractivity contribution in [2.24, 2.45) is 0 Å². The Labute approximate surface area is 127 Å². The summed E-state index contributed by atoms with van der Waals surface area (Å²) in [6, 6.07) is 1.42. The van der Waals surface area contributed by atoms with Gasteiger partial charge in [0.05, 0.1) is 4.34 Å². The molecule has 0 saturated carbocycles. The van der Waals surface area contributed by atoms with Crippen LogP contribution in [-0.4, -0.2) is 38.9 Å². The molecular weight excluding hydrogens is 339 g/mol. The van der Waals surface area contributed by atoms with E-state index in [1.54, 1.807) is 0 Å². The molecule has 2 rings (SSSR count). The standard InChI is InChI=1S/C9H12Cl2N2O2S2.ClH/c10-8-6-7(9(11)16-8)17(14,15)13-4-1-2-12-3-5-13;/h6,12H,1-5H2;1H. The fraction of sp³-hybridized carbons (Fsp3) is 0.556. The Morgan fingerprint density at radius 2 is 2.00 bits per heavy atom. The monoisotopic (exact) mass is 350 g/mol. The summed E-state index contributed by atoms with van der Waals surface area (Å²) in [7, 11) is -3.51. The summed E-state index contributed by atoms with van der Waals surface area (Å²) in [4.78, 5) is 0.121. The van der Waals surface area contributed by atoms with Crippen LogP contribution in [0.2, 0.25) is 8.67 Å². The molecule has 0 spiro atoms. The van der Waals surface area contributed by atoms with Crippen LogP contribution in [0.5, 0.6) is 0 Å². The smallest absolute Gasteiger partial charge is 0.245 e. The molecule has 1 aliphatic heterocycles. The molecule has 1 aliphatic rings. The van der Waals surface area contributed by atoms with Gasteiger partial charge in [0.15, 0.2) is 0 Å². The highest BCUT2D eigenvalue weighted by molar-refractivity contribution is 7.89. The Hall–Kier alpha value is 0.440. The molecule has 0 radical (unpaired) electrons. The molecule has 9 heteroatoms. The number of rotatable bonds is 2. The zero-order chi connectivity index (χ0) is 12.5. The van der Waals surface area contributed by atoms with E-state index in [4.69, 9.17) is 23.2 Å². The molecule has 1 saturated heterocycles. The second kappa shape index (κ2) is 6.74. The van der Waals surface area contributed by atoms with Crippen LogP contribution in [-0.2, 0) is 10.0 Å². The lowest BCUT2D eigenvalue weighted by atomic mass is 10.4. The van der Waals surface area contributed by atoms with E-state index in [2.05, 4.69) is 5.32 Å². The van der Waals surface area contributed by atoms with E-state index in [0.717, 1.165) is 24.3 Å². The van der Waals surface area contributed by atoms with E-state index < -0.39 is 10.0 Å². The first-order chi connectivity index (χ1) is 8.01. The normalized spacial score (nSPS) is 18.1. The maximum Gasteiger partial charge on any atom is 0.245 e. The number of halogens is 3. The van der Waals surface area contributed by atoms with Crippen LogP contribution in [0, 0.1) is 0 Å². The molecule has 1 aromatic rings. The summed E-state index contributed by atoms with van der Waals surface area (Å²) in [6.07, 6.45) is 0.800. The summed E-state index contributed by atoms with van der Waals surface area (Å²) >= 11 is 12.8. The van der Waals surface area contributed by atoms with Crippen LogP contribution in [0.3, 0.4) is 0 Å². The second-order valence-corrected chi connectivity index (χ2v) is 7.89. The van der Waals surface area contributed by atoms with Crippen molar-refractivity contribution in [2.75, 3.05) is 26.2 Å². The lowest BCUT2D eigenvalue weighted by molar-refractivity contribution is 0.432. The first-order valence-electron chi connectivity index (χ1n) is 5.17. The Balaban J connectivity index is 0.00000162. The van der Waals surface area contributed by atoms with Crippen molar-refractivity contribution in [3.8, 4) is 0 Å². The first-order valence-corrected chi connectivity index (χ1v) is 8.19. The van der Waals surface area contributed by atoms with E-state index in [-0.39, 0.29) is 21.6 Å². The third-order valence-electron chi connectivity index (χ3n) is 2.54. The van der Waals surface area contributed by atoms with Gasteiger partial charge in [-0.25, -0.2) is 8.42 Å². The van der Waals surface area contributed by atoms with E-state index in [9.17, 15) is 8.42 Å². The number of nitrogens with one attached hydrogen (secondary N) is 1. The molecule has 18 heavy (non-hydrogen) atoms. The quantitative estimate of drug-likeness (QED) is 0.890. The number of hydrogen-bond donors (Lipinski definition) is 1. The van der Waals surface area contributed by atoms with Crippen LogP contribution in [0.4, 0.5) is 0 Å². The van der Waals surface area contributed by atoms with Crippen LogP contribution in [0.15, 0.2) is 11.0 Å². The summed E-state index contributed by atoms with van der Waals surface area (Å²) in [5.41, 5.74) is 0. The molecule has 1 aromatic heterocycles. The number of sulfonamides is 1. The van der Waals surface area contributed by atoms with Crippen molar-refractivity contribution in [3.05, 3.63) is 14.7 Å². The summed E-state index contributed by atoms with van der Waals surface area (Å²) < 4.78 is 26.7. The highest BCUT2D eigenvalue weighted by Crippen LogP contribution is 2.35. The molecule has 104 valence electrons. The van der Waals surface area contributed by atoms with Gasteiger partial charge in [0.1, 0.15) is 9.23 Å². The molecule has 0 amide bonds. The average molecular weight is 352 g/mol. The summed E-state index contributed by atoms with van der Waals surface area (Å²) in [5, 5.41) is 3.16. The van der Waals surface area contributed by atoms with Gasteiger partial charge < -0.3 is 5.32 Å². The molecule has 0 bridgehead atoms. The SMILES string of the molecule is Cl.O=S(=O)(c1cc(Cl)sc1Cl)N1CCCNCC1. The molecule has 1 fully saturated rings. The minimum absolute atomic E-state index is 0. The lowest BCUT2D eigenvalue weighted by Gasteiger charge is -2.18. The minimum Gasteiger partial charge on any atom is -0.315 e. The van der Waals surface area contributed by atoms with E-state index in [1.807, 2.05) is 0 Å². The van der Waals surface area contributed by atoms with Gasteiger partial charge in [-0.05, 0) is 19.0 Å². The molecule has 1 N–H and O–H groups in total. The van der Waals surface area contributed by atoms with Crippen LogP contribution < -0.4 is 5.32 Å². The fourth-order valence-electron chi connectivity index (χ4n) is 1.70. The minimum atomic E-state index is -3.51. The summed E-state index contributed by atoms with van der Waals surface area (Å²) in [6.45, 7) is 2.48. The van der Waals surface area contributed by atoms with Gasteiger partial charge in [-0.2, -0.15) is 4.31 Å². The number of hydrogen-bond acceptors (Lipinski definition) is 4. The van der Waals surface area contributed by atoms with Crippen molar-refractivity contribution in [3.63, 3.8) is 0 Å². The van der Waals surface area contributed by atoms with E-state index >= 15 is 0 Å².